The minimum absolute atomic E-state index is 0.100. The summed E-state index contributed by atoms with van der Waals surface area (Å²) in [5, 5.41) is 19.2. The van der Waals surface area contributed by atoms with Crippen molar-refractivity contribution in [3.63, 3.8) is 0 Å². The van der Waals surface area contributed by atoms with Crippen molar-refractivity contribution in [2.75, 3.05) is 6.61 Å². The van der Waals surface area contributed by atoms with Gasteiger partial charge in [0, 0.05) is 12.8 Å². The van der Waals surface area contributed by atoms with Crippen LogP contribution in [0.5, 0.6) is 0 Å². The molecular weight excluding hydrogens is 210 g/mol. The van der Waals surface area contributed by atoms with Crippen LogP contribution in [0.1, 0.15) is 40.5 Å². The molecule has 0 aromatic heterocycles. The Balaban J connectivity index is 2.67. The van der Waals surface area contributed by atoms with Crippen LogP contribution in [0, 0.1) is 0 Å². The first-order valence-electron chi connectivity index (χ1n) is 5.55. The van der Waals surface area contributed by atoms with Gasteiger partial charge < -0.3 is 9.84 Å². The van der Waals surface area contributed by atoms with E-state index >= 15 is 0 Å². The number of ether oxygens (including phenoxy) is 1. The lowest BCUT2D eigenvalue weighted by Crippen LogP contribution is -3.25. The van der Waals surface area contributed by atoms with Gasteiger partial charge in [0.2, 0.25) is 0 Å². The van der Waals surface area contributed by atoms with Crippen molar-refractivity contribution in [1.29, 1.82) is 0 Å². The van der Waals surface area contributed by atoms with Crippen LogP contribution in [0.2, 0.25) is 0 Å². The summed E-state index contributed by atoms with van der Waals surface area (Å²) in [6.07, 6.45) is 1.22. The van der Waals surface area contributed by atoms with Crippen LogP contribution in [0.4, 0.5) is 0 Å². The molecule has 16 heavy (non-hydrogen) atoms. The maximum Gasteiger partial charge on any atom is 0.329 e. The molecule has 5 nitrogen and oxygen atoms in total. The van der Waals surface area contributed by atoms with Crippen LogP contribution in [0.3, 0.4) is 0 Å². The number of carboxylic acids is 1. The number of piperidine rings is 1. The predicted molar refractivity (Wildman–Crippen MR) is 57.5 cm³/mol. The molecular formula is C11H22NO4+. The molecule has 0 aliphatic carbocycles. The van der Waals surface area contributed by atoms with Crippen molar-refractivity contribution in [3.8, 4) is 0 Å². The molecule has 1 saturated heterocycles. The highest BCUT2D eigenvalue weighted by Gasteiger charge is 2.50. The van der Waals surface area contributed by atoms with Crippen LogP contribution < -0.4 is 5.06 Å². The Kier molecular flexibility index (Phi) is 3.62. The van der Waals surface area contributed by atoms with Gasteiger partial charge in [0.05, 0.1) is 6.10 Å². The lowest BCUT2D eigenvalue weighted by molar-refractivity contribution is -1.16. The highest BCUT2D eigenvalue weighted by molar-refractivity contribution is 5.68. The van der Waals surface area contributed by atoms with Crippen LogP contribution in [-0.2, 0) is 9.53 Å². The zero-order valence-electron chi connectivity index (χ0n) is 10.4. The lowest BCUT2D eigenvalue weighted by Gasteiger charge is -2.46. The third kappa shape index (κ3) is 2.93. The molecule has 0 aromatic carbocycles. The third-order valence-corrected chi connectivity index (χ3v) is 3.20. The van der Waals surface area contributed by atoms with Gasteiger partial charge >= 0.3 is 5.97 Å². The second-order valence-electron chi connectivity index (χ2n) is 5.85. The summed E-state index contributed by atoms with van der Waals surface area (Å²) >= 11 is 0. The van der Waals surface area contributed by atoms with Gasteiger partial charge in [-0.1, -0.05) is 0 Å². The van der Waals surface area contributed by atoms with Crippen LogP contribution in [-0.4, -0.2) is 40.1 Å². The molecule has 1 heterocycles. The van der Waals surface area contributed by atoms with Gasteiger partial charge in [0.1, 0.15) is 17.7 Å². The summed E-state index contributed by atoms with van der Waals surface area (Å²) in [7, 11) is 0. The third-order valence-electron chi connectivity index (χ3n) is 3.20. The average molecular weight is 232 g/mol. The Bertz CT molecular complexity index is 257. The average Bonchev–Trinajstić information content (AvgIpc) is 2.10. The number of carboxylic acid groups (broad SMARTS) is 1. The number of hydroxylamine groups is 2. The number of hydrogen-bond acceptors (Lipinski definition) is 3. The number of aliphatic carboxylic acids is 1. The molecule has 0 saturated carbocycles. The van der Waals surface area contributed by atoms with E-state index in [0.29, 0.717) is 17.9 Å². The largest absolute Gasteiger partial charge is 0.480 e. The SMILES string of the molecule is CC1(C)CC(OCC(=O)O)CC(C)(C)[NH+]1O. The Hall–Kier alpha value is -0.650. The van der Waals surface area contributed by atoms with E-state index in [1.54, 1.807) is 0 Å². The Labute approximate surface area is 96.0 Å². The molecule has 0 spiro atoms. The van der Waals surface area contributed by atoms with Gasteiger partial charge in [-0.25, -0.2) is 10.0 Å². The molecule has 0 unspecified atom stereocenters. The van der Waals surface area contributed by atoms with E-state index in [-0.39, 0.29) is 23.8 Å². The van der Waals surface area contributed by atoms with Crippen molar-refractivity contribution in [1.82, 2.24) is 0 Å². The van der Waals surface area contributed by atoms with E-state index in [9.17, 15) is 10.0 Å². The Morgan fingerprint density at radius 3 is 2.12 bits per heavy atom. The second kappa shape index (κ2) is 4.31. The molecule has 94 valence electrons. The minimum Gasteiger partial charge on any atom is -0.480 e. The van der Waals surface area contributed by atoms with E-state index < -0.39 is 5.97 Å². The van der Waals surface area contributed by atoms with Crippen LogP contribution in [0.25, 0.3) is 0 Å². The maximum absolute atomic E-state index is 10.4. The van der Waals surface area contributed by atoms with Crippen molar-refractivity contribution in [3.05, 3.63) is 0 Å². The zero-order chi connectivity index (χ0) is 12.6. The lowest BCUT2D eigenvalue weighted by atomic mass is 9.80. The summed E-state index contributed by atoms with van der Waals surface area (Å²) in [4.78, 5) is 10.4. The first kappa shape index (κ1) is 13.4. The Morgan fingerprint density at radius 1 is 1.31 bits per heavy atom. The summed E-state index contributed by atoms with van der Waals surface area (Å²) in [5.74, 6) is -0.950. The summed E-state index contributed by atoms with van der Waals surface area (Å²) in [6, 6.07) is 0. The molecule has 0 radical (unpaired) electrons. The first-order chi connectivity index (χ1) is 7.15. The molecule has 1 fully saturated rings. The highest BCUT2D eigenvalue weighted by atomic mass is 16.5. The smallest absolute Gasteiger partial charge is 0.329 e. The van der Waals surface area contributed by atoms with E-state index in [1.165, 1.54) is 0 Å². The van der Waals surface area contributed by atoms with Gasteiger partial charge in [-0.3, -0.25) is 0 Å². The first-order valence-corrected chi connectivity index (χ1v) is 5.55. The fourth-order valence-electron chi connectivity index (χ4n) is 2.63. The topological polar surface area (TPSA) is 71.2 Å². The normalized spacial score (nSPS) is 32.3. The molecule has 1 aliphatic rings. The fourth-order valence-corrected chi connectivity index (χ4v) is 2.63. The van der Waals surface area contributed by atoms with Gasteiger partial charge in [-0.15, -0.1) is 0 Å². The molecule has 0 amide bonds. The number of carbonyl (C=O) groups is 1. The molecule has 0 atom stereocenters. The Morgan fingerprint density at radius 2 is 1.75 bits per heavy atom. The van der Waals surface area contributed by atoms with E-state index in [2.05, 4.69) is 0 Å². The van der Waals surface area contributed by atoms with Crippen molar-refractivity contribution >= 4 is 5.97 Å². The standard InChI is InChI=1S/C11H21NO4/c1-10(2)5-8(16-7-9(13)14)6-11(3,4)12(10)15/h8,15H,5-7H2,1-4H3,(H,13,14)/p+1. The summed E-state index contributed by atoms with van der Waals surface area (Å²) in [6.45, 7) is 7.57. The minimum atomic E-state index is -0.950. The van der Waals surface area contributed by atoms with Crippen molar-refractivity contribution in [2.24, 2.45) is 0 Å². The number of quaternary nitrogens is 1. The molecule has 5 heteroatoms. The second-order valence-corrected chi connectivity index (χ2v) is 5.85. The van der Waals surface area contributed by atoms with Crippen molar-refractivity contribution < 1.29 is 24.9 Å². The van der Waals surface area contributed by atoms with Gasteiger partial charge in [0.25, 0.3) is 0 Å². The van der Waals surface area contributed by atoms with E-state index in [0.717, 1.165) is 0 Å². The monoisotopic (exact) mass is 232 g/mol. The van der Waals surface area contributed by atoms with E-state index in [4.69, 9.17) is 9.84 Å². The molecule has 1 rings (SSSR count). The molecule has 0 aromatic rings. The number of hydrogen-bond donors (Lipinski definition) is 3. The van der Waals surface area contributed by atoms with E-state index in [1.807, 2.05) is 27.7 Å². The highest BCUT2D eigenvalue weighted by Crippen LogP contribution is 2.25. The molecule has 0 bridgehead atoms. The summed E-state index contributed by atoms with van der Waals surface area (Å²) < 4.78 is 5.34. The van der Waals surface area contributed by atoms with Gasteiger partial charge in [0.15, 0.2) is 0 Å². The maximum atomic E-state index is 10.4. The quantitative estimate of drug-likeness (QED) is 0.644. The number of nitrogens with one attached hydrogen (secondary N) is 1. The molecule has 3 N–H and O–H groups in total. The molecule has 1 aliphatic heterocycles. The van der Waals surface area contributed by atoms with Crippen LogP contribution in [0.15, 0.2) is 0 Å². The predicted octanol–water partition coefficient (Wildman–Crippen LogP) is 0.0813. The number of rotatable bonds is 3. The van der Waals surface area contributed by atoms with Gasteiger partial charge in [-0.2, -0.15) is 5.06 Å². The van der Waals surface area contributed by atoms with Crippen molar-refractivity contribution in [2.45, 2.75) is 57.7 Å². The fraction of sp³-hybridized carbons (Fsp3) is 0.909. The summed E-state index contributed by atoms with van der Waals surface area (Å²) in [5.41, 5.74) is -0.629. The van der Waals surface area contributed by atoms with Crippen LogP contribution >= 0.6 is 0 Å². The van der Waals surface area contributed by atoms with Gasteiger partial charge in [-0.05, 0) is 27.7 Å². The zero-order valence-corrected chi connectivity index (χ0v) is 10.4.